The molecular formula is C17H22N6O3S. The fourth-order valence-electron chi connectivity index (χ4n) is 5.34. The molecule has 9 nitrogen and oxygen atoms in total. The van der Waals surface area contributed by atoms with E-state index in [2.05, 4.69) is 29.8 Å². The van der Waals surface area contributed by atoms with Crippen LogP contribution in [0.4, 0.5) is 5.82 Å². The molecule has 2 N–H and O–H groups in total. The van der Waals surface area contributed by atoms with Gasteiger partial charge in [-0.3, -0.25) is 5.10 Å². The maximum absolute atomic E-state index is 12.3. The third-order valence-electron chi connectivity index (χ3n) is 6.79. The summed E-state index contributed by atoms with van der Waals surface area (Å²) in [4.78, 5) is 11.0. The van der Waals surface area contributed by atoms with Crippen LogP contribution in [0.1, 0.15) is 25.7 Å². The fourth-order valence-corrected chi connectivity index (χ4v) is 6.75. The summed E-state index contributed by atoms with van der Waals surface area (Å²) >= 11 is 0. The number of ether oxygens (including phenoxy) is 1. The summed E-state index contributed by atoms with van der Waals surface area (Å²) in [6.07, 6.45) is 7.09. The van der Waals surface area contributed by atoms with Crippen molar-refractivity contribution in [2.75, 3.05) is 24.5 Å². The van der Waals surface area contributed by atoms with Crippen molar-refractivity contribution in [2.45, 2.75) is 42.6 Å². The Morgan fingerprint density at radius 1 is 1.33 bits per heavy atom. The Kier molecular flexibility index (Phi) is 3.23. The van der Waals surface area contributed by atoms with Gasteiger partial charge in [0.1, 0.15) is 12.1 Å². The number of aromatic amines is 1. The highest BCUT2D eigenvalue weighted by molar-refractivity contribution is 7.90. The van der Waals surface area contributed by atoms with E-state index < -0.39 is 10.0 Å². The van der Waals surface area contributed by atoms with Crippen LogP contribution in [-0.2, 0) is 14.8 Å². The lowest BCUT2D eigenvalue weighted by Gasteiger charge is -2.29. The summed E-state index contributed by atoms with van der Waals surface area (Å²) in [6, 6.07) is 0. The number of nitrogens with one attached hydrogen (secondary N) is 2. The molecule has 0 unspecified atom stereocenters. The van der Waals surface area contributed by atoms with Crippen LogP contribution in [0.2, 0.25) is 0 Å². The summed E-state index contributed by atoms with van der Waals surface area (Å²) in [6.45, 7) is 2.09. The number of hydrogen-bond donors (Lipinski definition) is 2. The summed E-state index contributed by atoms with van der Waals surface area (Å²) in [5.74, 6) is 1.41. The van der Waals surface area contributed by atoms with E-state index in [0.29, 0.717) is 12.5 Å². The number of fused-ring (bicyclic) bond motifs is 2. The van der Waals surface area contributed by atoms with Gasteiger partial charge in [-0.2, -0.15) is 5.10 Å². The topological polar surface area (TPSA) is 113 Å². The van der Waals surface area contributed by atoms with E-state index in [0.717, 1.165) is 55.6 Å². The van der Waals surface area contributed by atoms with Crippen LogP contribution in [0, 0.1) is 11.8 Å². The van der Waals surface area contributed by atoms with E-state index in [4.69, 9.17) is 4.74 Å². The Morgan fingerprint density at radius 3 is 3.07 bits per heavy atom. The van der Waals surface area contributed by atoms with E-state index in [1.54, 1.807) is 12.5 Å². The van der Waals surface area contributed by atoms with Crippen LogP contribution < -0.4 is 9.62 Å². The molecule has 4 aliphatic rings. The Morgan fingerprint density at radius 2 is 2.22 bits per heavy atom. The van der Waals surface area contributed by atoms with Gasteiger partial charge in [0.25, 0.3) is 0 Å². The van der Waals surface area contributed by atoms with E-state index >= 15 is 0 Å². The van der Waals surface area contributed by atoms with Gasteiger partial charge in [-0.15, -0.1) is 0 Å². The molecule has 0 radical (unpaired) electrons. The Balaban J connectivity index is 1.26. The molecule has 2 bridgehead atoms. The van der Waals surface area contributed by atoms with Crippen molar-refractivity contribution in [1.82, 2.24) is 24.9 Å². The second kappa shape index (κ2) is 5.39. The van der Waals surface area contributed by atoms with E-state index in [9.17, 15) is 8.42 Å². The molecule has 2 aromatic heterocycles. The molecule has 144 valence electrons. The monoisotopic (exact) mass is 390 g/mol. The zero-order valence-corrected chi connectivity index (χ0v) is 15.7. The predicted molar refractivity (Wildman–Crippen MR) is 97.7 cm³/mol. The molecule has 0 amide bonds. The van der Waals surface area contributed by atoms with Crippen LogP contribution in [0.25, 0.3) is 11.0 Å². The van der Waals surface area contributed by atoms with Crippen LogP contribution >= 0.6 is 0 Å². The number of aromatic nitrogens is 4. The zero-order chi connectivity index (χ0) is 18.2. The number of nitrogens with zero attached hydrogens (tertiary/aromatic N) is 4. The van der Waals surface area contributed by atoms with Gasteiger partial charge >= 0.3 is 0 Å². The smallest absolute Gasteiger partial charge is 0.214 e. The lowest BCUT2D eigenvalue weighted by molar-refractivity contribution is 0.0142. The first-order chi connectivity index (χ1) is 13.1. The number of hydrogen-bond acceptors (Lipinski definition) is 7. The number of rotatable bonds is 5. The molecule has 2 aromatic rings. The van der Waals surface area contributed by atoms with E-state index in [1.807, 2.05) is 0 Å². The molecule has 1 aliphatic carbocycles. The average molecular weight is 390 g/mol. The normalized spacial score (nSPS) is 35.3. The van der Waals surface area contributed by atoms with Crippen molar-refractivity contribution in [1.29, 1.82) is 0 Å². The zero-order valence-electron chi connectivity index (χ0n) is 14.8. The number of anilines is 1. The van der Waals surface area contributed by atoms with Crippen LogP contribution in [0.15, 0.2) is 12.5 Å². The van der Waals surface area contributed by atoms with Crippen molar-refractivity contribution in [3.8, 4) is 0 Å². The third kappa shape index (κ3) is 2.36. The molecule has 1 saturated carbocycles. The van der Waals surface area contributed by atoms with Gasteiger partial charge in [-0.1, -0.05) is 0 Å². The van der Waals surface area contributed by atoms with Crippen molar-refractivity contribution in [3.05, 3.63) is 12.5 Å². The lowest BCUT2D eigenvalue weighted by atomic mass is 9.74. The highest BCUT2D eigenvalue weighted by Gasteiger charge is 2.63. The van der Waals surface area contributed by atoms with Crippen molar-refractivity contribution >= 4 is 26.9 Å². The standard InChI is InChI=1S/C17H22N6O3S/c24-27(25,10-1-2-10)21-6-11-13-7-23(8-17(13)4-3-14(11)26-17)16-12-5-20-22-15(12)18-9-19-16/h5,9-11,13-14,21H,1-4,6-8H2,(H,18,19,20,22)/t11-,13+,14+,17+/m0/s1. The SMILES string of the molecule is O=S(=O)(NC[C@H]1[C@H]2CN(c3ncnc4[nH]ncc34)C[C@]23CC[C@H]1O3)C1CC1. The molecule has 4 atom stereocenters. The molecule has 5 heterocycles. The van der Waals surface area contributed by atoms with Gasteiger partial charge in [-0.25, -0.2) is 23.1 Å². The first-order valence-corrected chi connectivity index (χ1v) is 11.2. The first-order valence-electron chi connectivity index (χ1n) is 9.61. The van der Waals surface area contributed by atoms with Gasteiger partial charge in [0.15, 0.2) is 5.65 Å². The third-order valence-corrected chi connectivity index (χ3v) is 8.71. The van der Waals surface area contributed by atoms with Crippen molar-refractivity contribution < 1.29 is 13.2 Å². The lowest BCUT2D eigenvalue weighted by Crippen LogP contribution is -2.42. The van der Waals surface area contributed by atoms with Gasteiger partial charge < -0.3 is 9.64 Å². The minimum absolute atomic E-state index is 0.165. The number of sulfonamides is 1. The minimum atomic E-state index is -3.16. The highest BCUT2D eigenvalue weighted by atomic mass is 32.2. The fraction of sp³-hybridized carbons (Fsp3) is 0.706. The van der Waals surface area contributed by atoms with Gasteiger partial charge in [0.05, 0.1) is 28.5 Å². The van der Waals surface area contributed by atoms with Crippen molar-refractivity contribution in [3.63, 3.8) is 0 Å². The second-order valence-corrected chi connectivity index (χ2v) is 10.4. The molecule has 6 rings (SSSR count). The first kappa shape index (κ1) is 16.2. The molecule has 10 heteroatoms. The Labute approximate surface area is 156 Å². The van der Waals surface area contributed by atoms with Crippen LogP contribution in [0.3, 0.4) is 0 Å². The van der Waals surface area contributed by atoms with Crippen LogP contribution in [0.5, 0.6) is 0 Å². The molecule has 0 aromatic carbocycles. The quantitative estimate of drug-likeness (QED) is 0.761. The Hall–Kier alpha value is -1.78. The largest absolute Gasteiger partial charge is 0.369 e. The summed E-state index contributed by atoms with van der Waals surface area (Å²) in [5, 5.41) is 7.71. The minimum Gasteiger partial charge on any atom is -0.369 e. The van der Waals surface area contributed by atoms with E-state index in [-0.39, 0.29) is 22.9 Å². The highest BCUT2D eigenvalue weighted by Crippen LogP contribution is 2.55. The Bertz CT molecular complexity index is 1010. The summed E-state index contributed by atoms with van der Waals surface area (Å²) in [7, 11) is -3.16. The maximum Gasteiger partial charge on any atom is 0.214 e. The molecular weight excluding hydrogens is 368 g/mol. The average Bonchev–Trinajstić information content (AvgIpc) is 3.03. The van der Waals surface area contributed by atoms with Crippen LogP contribution in [-0.4, -0.2) is 65.2 Å². The molecule has 4 fully saturated rings. The molecule has 27 heavy (non-hydrogen) atoms. The molecule has 1 spiro atoms. The molecule has 3 aliphatic heterocycles. The molecule has 3 saturated heterocycles. The van der Waals surface area contributed by atoms with Gasteiger partial charge in [-0.05, 0) is 25.7 Å². The van der Waals surface area contributed by atoms with Gasteiger partial charge in [0.2, 0.25) is 10.0 Å². The summed E-state index contributed by atoms with van der Waals surface area (Å²) in [5.41, 5.74) is 0.551. The van der Waals surface area contributed by atoms with Gasteiger partial charge in [0, 0.05) is 31.5 Å². The maximum atomic E-state index is 12.3. The van der Waals surface area contributed by atoms with E-state index in [1.165, 1.54) is 0 Å². The van der Waals surface area contributed by atoms with Crippen molar-refractivity contribution in [2.24, 2.45) is 11.8 Å². The predicted octanol–water partition coefficient (Wildman–Crippen LogP) is 0.419. The second-order valence-electron chi connectivity index (χ2n) is 8.33. The number of H-pyrrole nitrogens is 1. The summed E-state index contributed by atoms with van der Waals surface area (Å²) < 4.78 is 33.8.